The Morgan fingerprint density at radius 3 is 2.56 bits per heavy atom. The molecule has 1 fully saturated rings. The molecule has 0 bridgehead atoms. The Morgan fingerprint density at radius 2 is 1.81 bits per heavy atom. The standard InChI is InChI=1S/C14H18O2/c15-11-16-14-10-6-2-5-9-13(14)12-7-3-1-4-8-12/h1,3-4,7-8,11,13-14H,2,5-6,9-10H2. The molecule has 1 aliphatic rings. The molecule has 2 rings (SSSR count). The fourth-order valence-electron chi connectivity index (χ4n) is 2.59. The van der Waals surface area contributed by atoms with E-state index in [4.69, 9.17) is 4.74 Å². The summed E-state index contributed by atoms with van der Waals surface area (Å²) in [7, 11) is 0. The Morgan fingerprint density at radius 1 is 1.06 bits per heavy atom. The van der Waals surface area contributed by atoms with E-state index < -0.39 is 0 Å². The van der Waals surface area contributed by atoms with Crippen molar-refractivity contribution in [1.82, 2.24) is 0 Å². The molecule has 1 aliphatic carbocycles. The maximum Gasteiger partial charge on any atom is 0.293 e. The summed E-state index contributed by atoms with van der Waals surface area (Å²) in [5.41, 5.74) is 1.30. The van der Waals surface area contributed by atoms with E-state index in [2.05, 4.69) is 24.3 Å². The van der Waals surface area contributed by atoms with Gasteiger partial charge in [-0.1, -0.05) is 43.2 Å². The van der Waals surface area contributed by atoms with E-state index in [1.807, 2.05) is 6.07 Å². The average Bonchev–Trinajstić information content (AvgIpc) is 2.56. The maximum atomic E-state index is 10.5. The first-order chi connectivity index (χ1) is 7.92. The molecule has 2 atom stereocenters. The third-order valence-electron chi connectivity index (χ3n) is 3.41. The van der Waals surface area contributed by atoms with Crippen molar-refractivity contribution in [2.24, 2.45) is 0 Å². The van der Waals surface area contributed by atoms with Gasteiger partial charge in [0.05, 0.1) is 0 Å². The van der Waals surface area contributed by atoms with Crippen LogP contribution in [0, 0.1) is 0 Å². The van der Waals surface area contributed by atoms with E-state index in [0.29, 0.717) is 12.4 Å². The van der Waals surface area contributed by atoms with Gasteiger partial charge in [0.15, 0.2) is 0 Å². The number of rotatable bonds is 3. The quantitative estimate of drug-likeness (QED) is 0.575. The van der Waals surface area contributed by atoms with Gasteiger partial charge in [-0.15, -0.1) is 0 Å². The number of hydrogen-bond acceptors (Lipinski definition) is 2. The normalized spacial score (nSPS) is 25.8. The first kappa shape index (κ1) is 11.2. The van der Waals surface area contributed by atoms with E-state index >= 15 is 0 Å². The number of carbonyl (C=O) groups is 1. The van der Waals surface area contributed by atoms with Crippen molar-refractivity contribution in [2.45, 2.75) is 44.1 Å². The van der Waals surface area contributed by atoms with E-state index in [1.54, 1.807) is 0 Å². The Kier molecular flexibility index (Phi) is 3.97. The van der Waals surface area contributed by atoms with Crippen molar-refractivity contribution < 1.29 is 9.53 Å². The van der Waals surface area contributed by atoms with Gasteiger partial charge in [-0.3, -0.25) is 4.79 Å². The molecule has 0 radical (unpaired) electrons. The average molecular weight is 218 g/mol. The van der Waals surface area contributed by atoms with Crippen molar-refractivity contribution >= 4 is 6.47 Å². The van der Waals surface area contributed by atoms with Crippen LogP contribution in [0.25, 0.3) is 0 Å². The SMILES string of the molecule is O=COC1CCCCCC1c1ccccc1. The summed E-state index contributed by atoms with van der Waals surface area (Å²) in [4.78, 5) is 10.5. The second kappa shape index (κ2) is 5.69. The van der Waals surface area contributed by atoms with Crippen LogP contribution in [0.2, 0.25) is 0 Å². The summed E-state index contributed by atoms with van der Waals surface area (Å²) in [6.07, 6.45) is 5.85. The highest BCUT2D eigenvalue weighted by Crippen LogP contribution is 2.33. The Balaban J connectivity index is 2.17. The van der Waals surface area contributed by atoms with Crippen molar-refractivity contribution in [2.75, 3.05) is 0 Å². The molecule has 1 aromatic carbocycles. The Labute approximate surface area is 96.6 Å². The van der Waals surface area contributed by atoms with Crippen LogP contribution in [0.4, 0.5) is 0 Å². The molecule has 86 valence electrons. The zero-order valence-electron chi connectivity index (χ0n) is 9.47. The number of benzene rings is 1. The highest BCUT2D eigenvalue weighted by molar-refractivity contribution is 5.38. The molecule has 0 heterocycles. The monoisotopic (exact) mass is 218 g/mol. The van der Waals surface area contributed by atoms with Gasteiger partial charge in [0.1, 0.15) is 6.10 Å². The van der Waals surface area contributed by atoms with Crippen LogP contribution in [0.5, 0.6) is 0 Å². The molecule has 2 heteroatoms. The lowest BCUT2D eigenvalue weighted by atomic mass is 9.89. The zero-order valence-corrected chi connectivity index (χ0v) is 9.47. The summed E-state index contributed by atoms with van der Waals surface area (Å²) in [5.74, 6) is 0.383. The molecule has 0 amide bonds. The number of ether oxygens (including phenoxy) is 1. The van der Waals surface area contributed by atoms with Gasteiger partial charge in [0.25, 0.3) is 6.47 Å². The van der Waals surface area contributed by atoms with Crippen molar-refractivity contribution in [3.8, 4) is 0 Å². The predicted molar refractivity (Wildman–Crippen MR) is 63.2 cm³/mol. The highest BCUT2D eigenvalue weighted by Gasteiger charge is 2.25. The van der Waals surface area contributed by atoms with E-state index in [0.717, 1.165) is 12.8 Å². The number of hydrogen-bond donors (Lipinski definition) is 0. The minimum Gasteiger partial charge on any atom is -0.464 e. The van der Waals surface area contributed by atoms with E-state index in [1.165, 1.54) is 24.8 Å². The molecular weight excluding hydrogens is 200 g/mol. The number of carbonyl (C=O) groups excluding carboxylic acids is 1. The molecule has 0 saturated heterocycles. The summed E-state index contributed by atoms with van der Waals surface area (Å²) >= 11 is 0. The molecule has 1 aromatic rings. The minimum atomic E-state index is 0.0717. The summed E-state index contributed by atoms with van der Waals surface area (Å²) in [6, 6.07) is 10.4. The van der Waals surface area contributed by atoms with Gasteiger partial charge in [0.2, 0.25) is 0 Å². The fraction of sp³-hybridized carbons (Fsp3) is 0.500. The largest absolute Gasteiger partial charge is 0.464 e. The molecular formula is C14H18O2. The summed E-state index contributed by atoms with van der Waals surface area (Å²) in [5, 5.41) is 0. The first-order valence-corrected chi connectivity index (χ1v) is 6.06. The zero-order chi connectivity index (χ0) is 11.2. The van der Waals surface area contributed by atoms with E-state index in [-0.39, 0.29) is 6.10 Å². The molecule has 0 N–H and O–H groups in total. The first-order valence-electron chi connectivity index (χ1n) is 6.06. The van der Waals surface area contributed by atoms with Crippen LogP contribution in [0.15, 0.2) is 30.3 Å². The second-order valence-electron chi connectivity index (χ2n) is 4.43. The molecule has 0 spiro atoms. The van der Waals surface area contributed by atoms with Crippen LogP contribution < -0.4 is 0 Å². The molecule has 0 aliphatic heterocycles. The summed E-state index contributed by atoms with van der Waals surface area (Å²) in [6.45, 7) is 0.603. The topological polar surface area (TPSA) is 26.3 Å². The Bertz CT molecular complexity index is 321. The lowest BCUT2D eigenvalue weighted by Crippen LogP contribution is -2.20. The minimum absolute atomic E-state index is 0.0717. The van der Waals surface area contributed by atoms with Crippen LogP contribution in [-0.4, -0.2) is 12.6 Å². The third-order valence-corrected chi connectivity index (χ3v) is 3.41. The van der Waals surface area contributed by atoms with Crippen molar-refractivity contribution in [3.63, 3.8) is 0 Å². The molecule has 0 aromatic heterocycles. The van der Waals surface area contributed by atoms with Gasteiger partial charge in [-0.25, -0.2) is 0 Å². The highest BCUT2D eigenvalue weighted by atomic mass is 16.5. The van der Waals surface area contributed by atoms with Gasteiger partial charge >= 0.3 is 0 Å². The van der Waals surface area contributed by atoms with Crippen LogP contribution >= 0.6 is 0 Å². The molecule has 1 saturated carbocycles. The smallest absolute Gasteiger partial charge is 0.293 e. The Hall–Kier alpha value is -1.31. The van der Waals surface area contributed by atoms with Crippen LogP contribution in [0.3, 0.4) is 0 Å². The predicted octanol–water partition coefficient (Wildman–Crippen LogP) is 3.28. The fourth-order valence-corrected chi connectivity index (χ4v) is 2.59. The summed E-state index contributed by atoms with van der Waals surface area (Å²) < 4.78 is 5.25. The molecule has 16 heavy (non-hydrogen) atoms. The van der Waals surface area contributed by atoms with Crippen LogP contribution in [-0.2, 0) is 9.53 Å². The van der Waals surface area contributed by atoms with Gasteiger partial charge < -0.3 is 4.74 Å². The van der Waals surface area contributed by atoms with Crippen molar-refractivity contribution in [3.05, 3.63) is 35.9 Å². The molecule has 2 nitrogen and oxygen atoms in total. The maximum absolute atomic E-state index is 10.5. The lowest BCUT2D eigenvalue weighted by Gasteiger charge is -2.23. The second-order valence-corrected chi connectivity index (χ2v) is 4.43. The third kappa shape index (κ3) is 2.63. The van der Waals surface area contributed by atoms with Gasteiger partial charge in [0, 0.05) is 5.92 Å². The van der Waals surface area contributed by atoms with Crippen LogP contribution in [0.1, 0.15) is 43.6 Å². The van der Waals surface area contributed by atoms with E-state index in [9.17, 15) is 4.79 Å². The lowest BCUT2D eigenvalue weighted by molar-refractivity contribution is -0.134. The van der Waals surface area contributed by atoms with Gasteiger partial charge in [-0.05, 0) is 24.8 Å². The molecule has 2 unspecified atom stereocenters. The van der Waals surface area contributed by atoms with Crippen molar-refractivity contribution in [1.29, 1.82) is 0 Å². The van der Waals surface area contributed by atoms with Gasteiger partial charge in [-0.2, -0.15) is 0 Å².